The van der Waals surface area contributed by atoms with E-state index in [0.717, 1.165) is 5.56 Å². The van der Waals surface area contributed by atoms with E-state index in [9.17, 15) is 9.59 Å². The Morgan fingerprint density at radius 2 is 1.84 bits per heavy atom. The van der Waals surface area contributed by atoms with Crippen molar-refractivity contribution >= 4 is 12.0 Å². The zero-order chi connectivity index (χ0) is 19.2. The van der Waals surface area contributed by atoms with Crippen LogP contribution in [0, 0.1) is 5.92 Å². The van der Waals surface area contributed by atoms with Gasteiger partial charge < -0.3 is 24.8 Å². The van der Waals surface area contributed by atoms with Gasteiger partial charge >= 0.3 is 12.0 Å². The lowest BCUT2D eigenvalue weighted by Crippen LogP contribution is -2.45. The number of carboxylic acid groups (broad SMARTS) is 1. The maximum Gasteiger partial charge on any atom is 0.317 e. The minimum absolute atomic E-state index is 0.151. The molecule has 1 aromatic rings. The molecule has 2 N–H and O–H groups in total. The number of carbonyl (C=O) groups excluding carboxylic acids is 1. The fourth-order valence-corrected chi connectivity index (χ4v) is 2.36. The second-order valence-corrected chi connectivity index (χ2v) is 6.73. The molecule has 1 atom stereocenters. The molecule has 7 nitrogen and oxygen atoms in total. The van der Waals surface area contributed by atoms with Crippen molar-refractivity contribution in [2.75, 3.05) is 34.4 Å². The van der Waals surface area contributed by atoms with Crippen molar-refractivity contribution < 1.29 is 24.2 Å². The number of benzene rings is 1. The summed E-state index contributed by atoms with van der Waals surface area (Å²) in [6, 6.07) is 5.35. The molecular formula is C18H28N2O5. The molecule has 1 aromatic carbocycles. The molecular weight excluding hydrogens is 324 g/mol. The summed E-state index contributed by atoms with van der Waals surface area (Å²) in [5.41, 5.74) is 0.654. The molecule has 0 heterocycles. The highest BCUT2D eigenvalue weighted by Gasteiger charge is 2.24. The fourth-order valence-electron chi connectivity index (χ4n) is 2.36. The molecule has 2 amide bonds. The van der Waals surface area contributed by atoms with Gasteiger partial charge in [-0.3, -0.25) is 4.79 Å². The summed E-state index contributed by atoms with van der Waals surface area (Å²) in [6.07, 6.45) is 0. The molecule has 1 unspecified atom stereocenters. The number of urea groups is 1. The van der Waals surface area contributed by atoms with E-state index < -0.39 is 11.9 Å². The second-order valence-electron chi connectivity index (χ2n) is 6.73. The number of ether oxygens (including phenoxy) is 2. The van der Waals surface area contributed by atoms with E-state index >= 15 is 0 Å². The molecule has 0 aliphatic carbocycles. The van der Waals surface area contributed by atoms with Gasteiger partial charge in [0.15, 0.2) is 11.5 Å². The predicted molar refractivity (Wildman–Crippen MR) is 95.4 cm³/mol. The lowest BCUT2D eigenvalue weighted by molar-refractivity contribution is -0.141. The van der Waals surface area contributed by atoms with Crippen LogP contribution in [0.1, 0.15) is 26.3 Å². The van der Waals surface area contributed by atoms with Crippen molar-refractivity contribution in [3.63, 3.8) is 0 Å². The van der Waals surface area contributed by atoms with Gasteiger partial charge in [0.25, 0.3) is 0 Å². The summed E-state index contributed by atoms with van der Waals surface area (Å²) in [6.45, 7) is 6.13. The van der Waals surface area contributed by atoms with Crippen LogP contribution in [0.15, 0.2) is 18.2 Å². The number of carboxylic acids is 1. The van der Waals surface area contributed by atoms with Crippen LogP contribution in [0.5, 0.6) is 11.5 Å². The van der Waals surface area contributed by atoms with E-state index in [-0.39, 0.29) is 18.0 Å². The summed E-state index contributed by atoms with van der Waals surface area (Å²) in [5.74, 6) is -0.264. The van der Waals surface area contributed by atoms with Crippen LogP contribution in [0.3, 0.4) is 0 Å². The van der Waals surface area contributed by atoms with E-state index in [0.29, 0.717) is 18.0 Å². The molecule has 0 saturated heterocycles. The number of hydrogen-bond acceptors (Lipinski definition) is 4. The fraction of sp³-hybridized carbons (Fsp3) is 0.556. The van der Waals surface area contributed by atoms with Crippen LogP contribution in [-0.2, 0) is 10.2 Å². The number of amides is 2. The molecule has 0 bridgehead atoms. The molecule has 0 saturated carbocycles. The summed E-state index contributed by atoms with van der Waals surface area (Å²) >= 11 is 0. The van der Waals surface area contributed by atoms with Gasteiger partial charge in [-0.2, -0.15) is 0 Å². The van der Waals surface area contributed by atoms with Crippen LogP contribution >= 0.6 is 0 Å². The van der Waals surface area contributed by atoms with Crippen LogP contribution in [0.25, 0.3) is 0 Å². The number of nitrogens with zero attached hydrogens (tertiary/aromatic N) is 1. The Morgan fingerprint density at radius 3 is 2.36 bits per heavy atom. The number of carbonyl (C=O) groups is 2. The largest absolute Gasteiger partial charge is 0.493 e. The third-order valence-electron chi connectivity index (χ3n) is 4.16. The Bertz CT molecular complexity index is 615. The predicted octanol–water partition coefficient (Wildman–Crippen LogP) is 2.34. The highest BCUT2D eigenvalue weighted by Crippen LogP contribution is 2.32. The molecule has 25 heavy (non-hydrogen) atoms. The van der Waals surface area contributed by atoms with E-state index in [4.69, 9.17) is 14.6 Å². The van der Waals surface area contributed by atoms with Crippen LogP contribution in [0.4, 0.5) is 4.79 Å². The number of rotatable bonds is 8. The zero-order valence-corrected chi connectivity index (χ0v) is 15.8. The van der Waals surface area contributed by atoms with Crippen LogP contribution in [-0.4, -0.2) is 56.4 Å². The van der Waals surface area contributed by atoms with E-state index in [1.54, 1.807) is 28.2 Å². The number of hydrogen-bond donors (Lipinski definition) is 2. The van der Waals surface area contributed by atoms with Crippen molar-refractivity contribution in [1.29, 1.82) is 0 Å². The summed E-state index contributed by atoms with van der Waals surface area (Å²) in [5, 5.41) is 11.8. The number of nitrogens with one attached hydrogen (secondary N) is 1. The third kappa shape index (κ3) is 5.55. The van der Waals surface area contributed by atoms with Gasteiger partial charge in [0.1, 0.15) is 0 Å². The molecule has 1 rings (SSSR count). The SMILES string of the molecule is COc1ccc(C(C)(C)CNC(=O)N(C)CC(C)C(=O)O)cc1OC. The van der Waals surface area contributed by atoms with Gasteiger partial charge in [0, 0.05) is 25.6 Å². The minimum Gasteiger partial charge on any atom is -0.493 e. The Labute approximate surface area is 148 Å². The molecule has 0 aromatic heterocycles. The lowest BCUT2D eigenvalue weighted by Gasteiger charge is -2.28. The first kappa shape index (κ1) is 20.6. The highest BCUT2D eigenvalue weighted by atomic mass is 16.5. The molecule has 0 spiro atoms. The molecule has 0 aliphatic heterocycles. The maximum atomic E-state index is 12.2. The molecule has 140 valence electrons. The first-order chi connectivity index (χ1) is 11.6. The van der Waals surface area contributed by atoms with Gasteiger partial charge in [0.2, 0.25) is 0 Å². The van der Waals surface area contributed by atoms with Crippen molar-refractivity contribution in [2.24, 2.45) is 5.92 Å². The van der Waals surface area contributed by atoms with Crippen LogP contribution in [0.2, 0.25) is 0 Å². The van der Waals surface area contributed by atoms with Crippen LogP contribution < -0.4 is 14.8 Å². The van der Waals surface area contributed by atoms with E-state index in [1.807, 2.05) is 32.0 Å². The Morgan fingerprint density at radius 1 is 1.24 bits per heavy atom. The second kappa shape index (κ2) is 8.60. The molecule has 7 heteroatoms. The summed E-state index contributed by atoms with van der Waals surface area (Å²) < 4.78 is 10.6. The lowest BCUT2D eigenvalue weighted by atomic mass is 9.84. The summed E-state index contributed by atoms with van der Waals surface area (Å²) in [7, 11) is 4.74. The van der Waals surface area contributed by atoms with Gasteiger partial charge in [-0.05, 0) is 17.7 Å². The average Bonchev–Trinajstić information content (AvgIpc) is 2.58. The van der Waals surface area contributed by atoms with Gasteiger partial charge in [0.05, 0.1) is 20.1 Å². The van der Waals surface area contributed by atoms with E-state index in [2.05, 4.69) is 5.32 Å². The van der Waals surface area contributed by atoms with Gasteiger partial charge in [-0.25, -0.2) is 4.79 Å². The first-order valence-electron chi connectivity index (χ1n) is 8.06. The number of methoxy groups -OCH3 is 2. The molecule has 0 radical (unpaired) electrons. The van der Waals surface area contributed by atoms with Gasteiger partial charge in [-0.15, -0.1) is 0 Å². The summed E-state index contributed by atoms with van der Waals surface area (Å²) in [4.78, 5) is 24.5. The Balaban J connectivity index is 2.74. The van der Waals surface area contributed by atoms with Crippen molar-refractivity contribution in [3.8, 4) is 11.5 Å². The minimum atomic E-state index is -0.926. The van der Waals surface area contributed by atoms with Crippen molar-refractivity contribution in [3.05, 3.63) is 23.8 Å². The first-order valence-corrected chi connectivity index (χ1v) is 8.06. The average molecular weight is 352 g/mol. The Kier molecular flexibility index (Phi) is 7.09. The Hall–Kier alpha value is -2.44. The highest BCUT2D eigenvalue weighted by molar-refractivity contribution is 5.75. The quantitative estimate of drug-likeness (QED) is 0.750. The number of aliphatic carboxylic acids is 1. The zero-order valence-electron chi connectivity index (χ0n) is 15.8. The van der Waals surface area contributed by atoms with E-state index in [1.165, 1.54) is 4.90 Å². The molecule has 0 fully saturated rings. The third-order valence-corrected chi connectivity index (χ3v) is 4.16. The monoisotopic (exact) mass is 352 g/mol. The smallest absolute Gasteiger partial charge is 0.317 e. The van der Waals surface area contributed by atoms with Crippen molar-refractivity contribution in [1.82, 2.24) is 10.2 Å². The van der Waals surface area contributed by atoms with Gasteiger partial charge in [-0.1, -0.05) is 26.8 Å². The van der Waals surface area contributed by atoms with Crippen molar-refractivity contribution in [2.45, 2.75) is 26.2 Å². The standard InChI is InChI=1S/C18H28N2O5/c1-12(16(21)22)10-20(4)17(23)19-11-18(2,3)13-7-8-14(24-5)15(9-13)25-6/h7-9,12H,10-11H2,1-6H3,(H,19,23)(H,21,22). The normalized spacial score (nSPS) is 12.2. The maximum absolute atomic E-state index is 12.2. The molecule has 0 aliphatic rings. The topological polar surface area (TPSA) is 88.1 Å².